The molecule has 1 aliphatic heterocycles. The smallest absolute Gasteiger partial charge is 0.410 e. The number of amides is 2. The molecule has 0 N–H and O–H groups in total. The van der Waals surface area contributed by atoms with Crippen LogP contribution in [0.5, 0.6) is 0 Å². The van der Waals surface area contributed by atoms with E-state index in [4.69, 9.17) is 16.3 Å². The number of anilines is 1. The van der Waals surface area contributed by atoms with E-state index in [1.165, 1.54) is 4.90 Å². The van der Waals surface area contributed by atoms with Crippen molar-refractivity contribution >= 4 is 29.3 Å². The third kappa shape index (κ3) is 4.07. The van der Waals surface area contributed by atoms with Crippen molar-refractivity contribution in [2.24, 2.45) is 0 Å². The van der Waals surface area contributed by atoms with Crippen LogP contribution in [0.1, 0.15) is 20.8 Å². The molecule has 2 rings (SSSR count). The van der Waals surface area contributed by atoms with Gasteiger partial charge in [-0.2, -0.15) is 0 Å². The van der Waals surface area contributed by atoms with Crippen LogP contribution in [0.2, 0.25) is 5.15 Å². The van der Waals surface area contributed by atoms with E-state index >= 15 is 0 Å². The topological polar surface area (TPSA) is 62.7 Å². The molecule has 1 aliphatic rings. The Morgan fingerprint density at radius 2 is 2.05 bits per heavy atom. The molecule has 0 unspecified atom stereocenters. The number of carbonyl (C=O) groups excluding carboxylic acids is 2. The third-order valence-corrected chi connectivity index (χ3v) is 3.12. The third-order valence-electron chi connectivity index (χ3n) is 2.90. The second-order valence-electron chi connectivity index (χ2n) is 5.79. The number of piperazine rings is 1. The van der Waals surface area contributed by atoms with Gasteiger partial charge in [-0.15, -0.1) is 0 Å². The van der Waals surface area contributed by atoms with Gasteiger partial charge in [-0.3, -0.25) is 9.69 Å². The summed E-state index contributed by atoms with van der Waals surface area (Å²) in [7, 11) is 0. The number of rotatable bonds is 1. The lowest BCUT2D eigenvalue weighted by Crippen LogP contribution is -2.53. The molecule has 0 aliphatic carbocycles. The van der Waals surface area contributed by atoms with E-state index in [2.05, 4.69) is 4.98 Å². The van der Waals surface area contributed by atoms with Crippen molar-refractivity contribution in [1.82, 2.24) is 9.88 Å². The largest absolute Gasteiger partial charge is 0.444 e. The number of ether oxygens (including phenoxy) is 1. The Balaban J connectivity index is 2.01. The molecule has 1 aromatic rings. The Morgan fingerprint density at radius 1 is 1.33 bits per heavy atom. The minimum atomic E-state index is -0.572. The first kappa shape index (κ1) is 15.6. The highest BCUT2D eigenvalue weighted by molar-refractivity contribution is 6.29. The van der Waals surface area contributed by atoms with Gasteiger partial charge in [-0.05, 0) is 32.9 Å². The van der Waals surface area contributed by atoms with Gasteiger partial charge in [-0.1, -0.05) is 11.6 Å². The lowest BCUT2D eigenvalue weighted by molar-refractivity contribution is -0.121. The summed E-state index contributed by atoms with van der Waals surface area (Å²) in [5, 5.41) is 0.374. The number of carbonyl (C=O) groups is 2. The molecule has 7 heteroatoms. The molecule has 114 valence electrons. The molecule has 0 saturated carbocycles. The van der Waals surface area contributed by atoms with Crippen molar-refractivity contribution in [2.45, 2.75) is 26.4 Å². The van der Waals surface area contributed by atoms with Crippen LogP contribution in [0.3, 0.4) is 0 Å². The van der Waals surface area contributed by atoms with Gasteiger partial charge in [0.15, 0.2) is 0 Å². The fourth-order valence-electron chi connectivity index (χ4n) is 1.96. The average molecular weight is 312 g/mol. The Hall–Kier alpha value is -1.82. The maximum Gasteiger partial charge on any atom is 0.410 e. The van der Waals surface area contributed by atoms with Gasteiger partial charge in [0.25, 0.3) is 0 Å². The first-order chi connectivity index (χ1) is 9.76. The van der Waals surface area contributed by atoms with Crippen LogP contribution in [-0.4, -0.2) is 47.1 Å². The highest BCUT2D eigenvalue weighted by atomic mass is 35.5. The van der Waals surface area contributed by atoms with Gasteiger partial charge in [0.2, 0.25) is 5.91 Å². The number of pyridine rings is 1. The Kier molecular flexibility index (Phi) is 4.37. The van der Waals surface area contributed by atoms with E-state index in [-0.39, 0.29) is 12.5 Å². The van der Waals surface area contributed by atoms with Crippen molar-refractivity contribution in [3.05, 3.63) is 23.5 Å². The Morgan fingerprint density at radius 3 is 2.57 bits per heavy atom. The molecular formula is C14H18ClN3O3. The van der Waals surface area contributed by atoms with Gasteiger partial charge < -0.3 is 9.64 Å². The number of aromatic nitrogens is 1. The molecule has 1 fully saturated rings. The zero-order valence-electron chi connectivity index (χ0n) is 12.3. The zero-order valence-corrected chi connectivity index (χ0v) is 13.1. The van der Waals surface area contributed by atoms with Crippen molar-refractivity contribution in [3.63, 3.8) is 0 Å². The van der Waals surface area contributed by atoms with Gasteiger partial charge in [0.05, 0.1) is 11.9 Å². The molecule has 2 heterocycles. The first-order valence-electron chi connectivity index (χ1n) is 6.66. The van der Waals surface area contributed by atoms with E-state index in [1.54, 1.807) is 44.0 Å². The number of halogens is 1. The normalized spacial score (nSPS) is 16.1. The van der Waals surface area contributed by atoms with Crippen LogP contribution >= 0.6 is 11.6 Å². The van der Waals surface area contributed by atoms with E-state index in [0.717, 1.165) is 0 Å². The summed E-state index contributed by atoms with van der Waals surface area (Å²) < 4.78 is 5.27. The van der Waals surface area contributed by atoms with Crippen LogP contribution in [0.15, 0.2) is 18.3 Å². The van der Waals surface area contributed by atoms with Crippen LogP contribution in [0, 0.1) is 0 Å². The van der Waals surface area contributed by atoms with E-state index < -0.39 is 11.7 Å². The molecule has 0 bridgehead atoms. The first-order valence-corrected chi connectivity index (χ1v) is 7.04. The lowest BCUT2D eigenvalue weighted by Gasteiger charge is -2.35. The maximum absolute atomic E-state index is 12.2. The standard InChI is InChI=1S/C14H18ClN3O3/c1-14(2,3)21-13(20)17-6-7-18(12(19)9-17)10-4-5-11(15)16-8-10/h4-5,8H,6-7,9H2,1-3H3. The molecule has 0 radical (unpaired) electrons. The Labute approximate surface area is 128 Å². The predicted molar refractivity (Wildman–Crippen MR) is 79.4 cm³/mol. The second kappa shape index (κ2) is 5.89. The maximum atomic E-state index is 12.2. The van der Waals surface area contributed by atoms with Crippen LogP contribution in [0.4, 0.5) is 10.5 Å². The van der Waals surface area contributed by atoms with Crippen molar-refractivity contribution in [3.8, 4) is 0 Å². The minimum Gasteiger partial charge on any atom is -0.444 e. The molecule has 0 aromatic carbocycles. The molecule has 1 aromatic heterocycles. The quantitative estimate of drug-likeness (QED) is 0.747. The number of hydrogen-bond acceptors (Lipinski definition) is 4. The van der Waals surface area contributed by atoms with Gasteiger partial charge in [0, 0.05) is 13.1 Å². The predicted octanol–water partition coefficient (Wildman–Crippen LogP) is 2.32. The molecule has 1 saturated heterocycles. The molecule has 0 atom stereocenters. The number of hydrogen-bond donors (Lipinski definition) is 0. The van der Waals surface area contributed by atoms with E-state index in [0.29, 0.717) is 23.9 Å². The van der Waals surface area contributed by atoms with E-state index in [1.807, 2.05) is 0 Å². The van der Waals surface area contributed by atoms with Crippen LogP contribution in [-0.2, 0) is 9.53 Å². The lowest BCUT2D eigenvalue weighted by atomic mass is 10.2. The summed E-state index contributed by atoms with van der Waals surface area (Å²) in [5.74, 6) is -0.170. The van der Waals surface area contributed by atoms with Gasteiger partial charge >= 0.3 is 6.09 Å². The molecule has 2 amide bonds. The SMILES string of the molecule is CC(C)(C)OC(=O)N1CCN(c2ccc(Cl)nc2)C(=O)C1. The van der Waals surface area contributed by atoms with Crippen LogP contribution in [0.25, 0.3) is 0 Å². The van der Waals surface area contributed by atoms with Crippen molar-refractivity contribution in [2.75, 3.05) is 24.5 Å². The summed E-state index contributed by atoms with van der Waals surface area (Å²) in [6, 6.07) is 3.36. The monoisotopic (exact) mass is 311 g/mol. The van der Waals surface area contributed by atoms with Gasteiger partial charge in [-0.25, -0.2) is 9.78 Å². The van der Waals surface area contributed by atoms with Crippen molar-refractivity contribution < 1.29 is 14.3 Å². The highest BCUT2D eigenvalue weighted by Gasteiger charge is 2.30. The summed E-state index contributed by atoms with van der Waals surface area (Å²) in [6.45, 7) is 6.20. The van der Waals surface area contributed by atoms with E-state index in [9.17, 15) is 9.59 Å². The fraction of sp³-hybridized carbons (Fsp3) is 0.500. The zero-order chi connectivity index (χ0) is 15.6. The van der Waals surface area contributed by atoms with Crippen molar-refractivity contribution in [1.29, 1.82) is 0 Å². The fourth-order valence-corrected chi connectivity index (χ4v) is 2.07. The summed E-state index contributed by atoms with van der Waals surface area (Å²) in [5.41, 5.74) is 0.102. The highest BCUT2D eigenvalue weighted by Crippen LogP contribution is 2.19. The number of nitrogens with zero attached hydrogens (tertiary/aromatic N) is 3. The summed E-state index contributed by atoms with van der Waals surface area (Å²) in [6.07, 6.45) is 1.08. The average Bonchev–Trinajstić information content (AvgIpc) is 2.38. The van der Waals surface area contributed by atoms with Gasteiger partial charge in [0.1, 0.15) is 17.3 Å². The molecule has 0 spiro atoms. The Bertz CT molecular complexity index is 539. The van der Waals surface area contributed by atoms with Crippen LogP contribution < -0.4 is 4.90 Å². The molecule has 21 heavy (non-hydrogen) atoms. The second-order valence-corrected chi connectivity index (χ2v) is 6.17. The molecular weight excluding hydrogens is 294 g/mol. The molecule has 6 nitrogen and oxygen atoms in total. The summed E-state index contributed by atoms with van der Waals surface area (Å²) in [4.78, 5) is 31.1. The summed E-state index contributed by atoms with van der Waals surface area (Å²) >= 11 is 5.73. The minimum absolute atomic E-state index is 0.00244.